The number of phenolic OH excluding ortho intramolecular Hbond substituents is 1. The van der Waals surface area contributed by atoms with Crippen LogP contribution in [-0.2, 0) is 4.74 Å². The molecule has 0 amide bonds. The second-order valence-corrected chi connectivity index (χ2v) is 5.18. The maximum atomic E-state index is 11.0. The number of ether oxygens (including phenoxy) is 1. The zero-order chi connectivity index (χ0) is 17.9. The molecular weight excluding hydrogens is 380 g/mol. The van der Waals surface area contributed by atoms with E-state index in [1.165, 1.54) is 15.9 Å². The van der Waals surface area contributed by atoms with Crippen LogP contribution in [0.1, 0.15) is 13.8 Å². The summed E-state index contributed by atoms with van der Waals surface area (Å²) in [4.78, 5) is -4.02. The van der Waals surface area contributed by atoms with E-state index in [0.29, 0.717) is 5.75 Å². The van der Waals surface area contributed by atoms with Crippen molar-refractivity contribution in [3.8, 4) is 5.75 Å². The van der Waals surface area contributed by atoms with Gasteiger partial charge in [0.15, 0.2) is 0 Å². The van der Waals surface area contributed by atoms with Gasteiger partial charge in [0.05, 0.1) is 0 Å². The molecule has 0 spiro atoms. The van der Waals surface area contributed by atoms with E-state index < -0.39 is 11.3 Å². The van der Waals surface area contributed by atoms with Crippen LogP contribution in [0.15, 0.2) is 42.5 Å². The highest BCUT2D eigenvalue weighted by atomic mass is 79.9. The van der Waals surface area contributed by atoms with Gasteiger partial charge in [0, 0.05) is 18.6 Å². The van der Waals surface area contributed by atoms with Crippen molar-refractivity contribution in [1.82, 2.24) is 0 Å². The summed E-state index contributed by atoms with van der Waals surface area (Å²) in [5, 5.41) is 11.4. The number of rotatable bonds is 3. The first-order valence-electron chi connectivity index (χ1n) is 6.83. The Morgan fingerprint density at radius 3 is 1.91 bits per heavy atom. The van der Waals surface area contributed by atoms with Gasteiger partial charge in [-0.25, -0.2) is 8.78 Å². The summed E-state index contributed by atoms with van der Waals surface area (Å²) in [6.07, 6.45) is -3.62. The van der Waals surface area contributed by atoms with Gasteiger partial charge in [-0.15, -0.1) is 0 Å². The molecule has 0 saturated carbocycles. The fraction of sp³-hybridized carbons (Fsp3) is 0.375. The zero-order valence-electron chi connectivity index (χ0n) is 12.8. The van der Waals surface area contributed by atoms with Crippen LogP contribution in [0.25, 0.3) is 10.8 Å². The molecule has 0 aliphatic carbocycles. The van der Waals surface area contributed by atoms with Gasteiger partial charge in [0.2, 0.25) is 0 Å². The van der Waals surface area contributed by atoms with Crippen LogP contribution in [-0.4, -0.2) is 29.6 Å². The van der Waals surface area contributed by atoms with Crippen LogP contribution in [0, 0.1) is 0 Å². The van der Waals surface area contributed by atoms with Crippen molar-refractivity contribution in [2.45, 2.75) is 25.1 Å². The molecule has 0 bridgehead atoms. The number of aromatic hydroxyl groups is 1. The molecule has 0 unspecified atom stereocenters. The Bertz CT molecular complexity index is 552. The summed E-state index contributed by atoms with van der Waals surface area (Å²) in [7, 11) is 0. The predicted molar refractivity (Wildman–Crippen MR) is 87.7 cm³/mol. The minimum atomic E-state index is -4.02. The number of hydrogen-bond donors (Lipinski definition) is 1. The average Bonchev–Trinajstić information content (AvgIpc) is 2.49. The van der Waals surface area contributed by atoms with Gasteiger partial charge in [-0.1, -0.05) is 36.4 Å². The van der Waals surface area contributed by atoms with E-state index >= 15 is 0 Å². The zero-order valence-corrected chi connectivity index (χ0v) is 14.4. The average molecular weight is 399 g/mol. The molecule has 1 N–H and O–H groups in total. The van der Waals surface area contributed by atoms with Crippen LogP contribution in [0.2, 0.25) is 0 Å². The van der Waals surface area contributed by atoms with E-state index in [2.05, 4.69) is 0 Å². The van der Waals surface area contributed by atoms with E-state index in [4.69, 9.17) is 4.74 Å². The minimum Gasteiger partial charge on any atom is -0.507 e. The molecule has 2 nitrogen and oxygen atoms in total. The van der Waals surface area contributed by atoms with Gasteiger partial charge in [0.25, 0.3) is 0 Å². The number of fused-ring (bicyclic) bond motifs is 1. The molecule has 2 rings (SSSR count). The number of benzene rings is 2. The molecule has 0 aliphatic heterocycles. The molecule has 0 saturated heterocycles. The van der Waals surface area contributed by atoms with Crippen molar-refractivity contribution in [2.24, 2.45) is 0 Å². The Kier molecular flexibility index (Phi) is 10.6. The molecule has 2 aromatic rings. The summed E-state index contributed by atoms with van der Waals surface area (Å²) in [6.45, 7) is 5.67. The Morgan fingerprint density at radius 1 is 1.04 bits per heavy atom. The van der Waals surface area contributed by atoms with E-state index in [1.54, 1.807) is 6.07 Å². The normalized spacial score (nSPS) is 10.6. The SMILES string of the molecule is CCOCC.FC(F)C(F)(F)Br.Oc1cccc2ccccc12. The van der Waals surface area contributed by atoms with Crippen molar-refractivity contribution in [3.63, 3.8) is 0 Å². The van der Waals surface area contributed by atoms with Crippen LogP contribution in [0.5, 0.6) is 5.75 Å². The maximum absolute atomic E-state index is 11.0. The number of hydrogen-bond acceptors (Lipinski definition) is 2. The maximum Gasteiger partial charge on any atom is 0.360 e. The highest BCUT2D eigenvalue weighted by Gasteiger charge is 2.36. The quantitative estimate of drug-likeness (QED) is 0.520. The molecule has 0 aliphatic rings. The van der Waals surface area contributed by atoms with Gasteiger partial charge in [-0.05, 0) is 41.2 Å². The lowest BCUT2D eigenvalue weighted by Gasteiger charge is -2.03. The fourth-order valence-corrected chi connectivity index (χ4v) is 1.41. The van der Waals surface area contributed by atoms with Crippen LogP contribution in [0.3, 0.4) is 0 Å². The van der Waals surface area contributed by atoms with Crippen molar-refractivity contribution in [1.29, 1.82) is 0 Å². The van der Waals surface area contributed by atoms with Gasteiger partial charge in [-0.3, -0.25) is 0 Å². The lowest BCUT2D eigenvalue weighted by Crippen LogP contribution is -2.16. The van der Waals surface area contributed by atoms with Crippen LogP contribution in [0.4, 0.5) is 17.6 Å². The molecule has 2 aromatic carbocycles. The first-order chi connectivity index (χ1) is 10.7. The van der Waals surface area contributed by atoms with Crippen molar-refractivity contribution >= 4 is 26.7 Å². The van der Waals surface area contributed by atoms with Gasteiger partial charge >= 0.3 is 11.3 Å². The van der Waals surface area contributed by atoms with E-state index in [-0.39, 0.29) is 0 Å². The third-order valence-electron chi connectivity index (χ3n) is 2.42. The van der Waals surface area contributed by atoms with Gasteiger partial charge in [0.1, 0.15) is 5.75 Å². The second-order valence-electron chi connectivity index (χ2n) is 4.12. The Morgan fingerprint density at radius 2 is 1.52 bits per heavy atom. The Balaban J connectivity index is 0.000000351. The third-order valence-corrected chi connectivity index (χ3v) is 2.77. The molecule has 7 heteroatoms. The van der Waals surface area contributed by atoms with Gasteiger partial charge < -0.3 is 9.84 Å². The van der Waals surface area contributed by atoms with E-state index in [0.717, 1.165) is 24.0 Å². The van der Waals surface area contributed by atoms with E-state index in [9.17, 15) is 22.7 Å². The molecular formula is C16H19BrF4O2. The molecule has 0 aromatic heterocycles. The largest absolute Gasteiger partial charge is 0.507 e. The smallest absolute Gasteiger partial charge is 0.360 e. The topological polar surface area (TPSA) is 29.5 Å². The van der Waals surface area contributed by atoms with Crippen LogP contribution < -0.4 is 0 Å². The monoisotopic (exact) mass is 398 g/mol. The number of halogens is 5. The standard InChI is InChI=1S/C10H8O.C4H10O.C2HBrF4/c11-10-7-3-5-8-4-1-2-6-9(8)10;1-3-5-4-2;3-2(6,7)1(4)5/h1-7,11H;3-4H2,1-2H3;1H. The summed E-state index contributed by atoms with van der Waals surface area (Å²) in [5.74, 6) is 0.350. The highest BCUT2D eigenvalue weighted by Crippen LogP contribution is 2.28. The Labute approximate surface area is 141 Å². The van der Waals surface area contributed by atoms with Crippen molar-refractivity contribution in [3.05, 3.63) is 42.5 Å². The highest BCUT2D eigenvalue weighted by molar-refractivity contribution is 9.10. The summed E-state index contributed by atoms with van der Waals surface area (Å²) in [5.41, 5.74) is 0. The predicted octanol–water partition coefficient (Wildman–Crippen LogP) is 5.83. The fourth-order valence-electron chi connectivity index (χ4n) is 1.41. The second kappa shape index (κ2) is 11.2. The molecule has 23 heavy (non-hydrogen) atoms. The molecule has 0 atom stereocenters. The molecule has 130 valence electrons. The molecule has 0 fully saturated rings. The Hall–Kier alpha value is -1.34. The lowest BCUT2D eigenvalue weighted by molar-refractivity contribution is -0.0505. The van der Waals surface area contributed by atoms with Crippen molar-refractivity contribution in [2.75, 3.05) is 13.2 Å². The van der Waals surface area contributed by atoms with E-state index in [1.807, 2.05) is 50.2 Å². The summed E-state index contributed by atoms with van der Waals surface area (Å²) < 4.78 is 48.3. The number of alkyl halides is 5. The summed E-state index contributed by atoms with van der Waals surface area (Å²) in [6, 6.07) is 13.3. The summed E-state index contributed by atoms with van der Waals surface area (Å²) >= 11 is 1.46. The lowest BCUT2D eigenvalue weighted by atomic mass is 10.1. The molecule has 0 radical (unpaired) electrons. The van der Waals surface area contributed by atoms with Crippen LogP contribution >= 0.6 is 15.9 Å². The minimum absolute atomic E-state index is 0.350. The third kappa shape index (κ3) is 9.40. The first kappa shape index (κ1) is 21.7. The van der Waals surface area contributed by atoms with Crippen molar-refractivity contribution < 1.29 is 27.4 Å². The first-order valence-corrected chi connectivity index (χ1v) is 7.62. The molecule has 0 heterocycles. The van der Waals surface area contributed by atoms with Gasteiger partial charge in [-0.2, -0.15) is 8.78 Å². The number of phenols is 1.